The number of carbonyl (C=O) groups is 1. The van der Waals surface area contributed by atoms with Crippen LogP contribution >= 0.6 is 0 Å². The first-order valence-electron chi connectivity index (χ1n) is 7.35. The third-order valence-corrected chi connectivity index (χ3v) is 3.59. The van der Waals surface area contributed by atoms with E-state index in [9.17, 15) is 4.79 Å². The van der Waals surface area contributed by atoms with Gasteiger partial charge in [0.1, 0.15) is 0 Å². The Morgan fingerprint density at radius 3 is 2.52 bits per heavy atom. The van der Waals surface area contributed by atoms with E-state index >= 15 is 0 Å². The first-order chi connectivity index (χ1) is 10.0. The highest BCUT2D eigenvalue weighted by Gasteiger charge is 2.17. The number of hydrogen-bond donors (Lipinski definition) is 0. The lowest BCUT2D eigenvalue weighted by atomic mass is 10.1. The summed E-state index contributed by atoms with van der Waals surface area (Å²) < 4.78 is 1.90. The van der Waals surface area contributed by atoms with Crippen molar-refractivity contribution < 1.29 is 4.79 Å². The fraction of sp³-hybridized carbons (Fsp3) is 0.412. The summed E-state index contributed by atoms with van der Waals surface area (Å²) >= 11 is 0. The van der Waals surface area contributed by atoms with Crippen LogP contribution in [-0.2, 0) is 17.8 Å². The van der Waals surface area contributed by atoms with Gasteiger partial charge >= 0.3 is 0 Å². The topological polar surface area (TPSA) is 38.1 Å². The lowest BCUT2D eigenvalue weighted by molar-refractivity contribution is -0.132. The van der Waals surface area contributed by atoms with Crippen molar-refractivity contribution in [2.75, 3.05) is 14.1 Å². The van der Waals surface area contributed by atoms with Gasteiger partial charge in [-0.2, -0.15) is 5.10 Å². The number of aromatic nitrogens is 2. The molecule has 0 N–H and O–H groups in total. The minimum Gasteiger partial charge on any atom is -0.349 e. The second-order valence-electron chi connectivity index (χ2n) is 5.58. The molecule has 0 aliphatic rings. The number of hydrogen-bond acceptors (Lipinski definition) is 2. The summed E-state index contributed by atoms with van der Waals surface area (Å²) in [7, 11) is 3.57. The third-order valence-electron chi connectivity index (χ3n) is 3.59. The summed E-state index contributed by atoms with van der Waals surface area (Å²) in [5.74, 6) is 0.0537. The number of nitrogens with zero attached hydrogens (tertiary/aromatic N) is 3. The lowest BCUT2D eigenvalue weighted by Crippen LogP contribution is -2.30. The Labute approximate surface area is 126 Å². The number of aryl methyl sites for hydroxylation is 1. The normalized spacial score (nSPS) is 12.2. The SMILES string of the molecule is CCc1cn(CC(C)C(=O)N(C)C)nc1-c1ccccc1. The molecule has 1 aromatic carbocycles. The highest BCUT2D eigenvalue weighted by Crippen LogP contribution is 2.22. The van der Waals surface area contributed by atoms with Gasteiger partial charge in [0.15, 0.2) is 0 Å². The van der Waals surface area contributed by atoms with E-state index in [2.05, 4.69) is 30.4 Å². The molecule has 0 radical (unpaired) electrons. The number of rotatable bonds is 5. The monoisotopic (exact) mass is 285 g/mol. The standard InChI is InChI=1S/C17H23N3O/c1-5-14-12-20(11-13(2)17(21)19(3)4)18-16(14)15-9-7-6-8-10-15/h6-10,12-13H,5,11H2,1-4H3. The van der Waals surface area contributed by atoms with Gasteiger partial charge in [0.05, 0.1) is 18.2 Å². The van der Waals surface area contributed by atoms with Crippen LogP contribution in [-0.4, -0.2) is 34.7 Å². The smallest absolute Gasteiger partial charge is 0.226 e. The van der Waals surface area contributed by atoms with Gasteiger partial charge in [0, 0.05) is 25.9 Å². The second-order valence-corrected chi connectivity index (χ2v) is 5.58. The molecular weight excluding hydrogens is 262 g/mol. The molecule has 1 amide bonds. The molecule has 2 rings (SSSR count). The molecule has 1 heterocycles. The fourth-order valence-corrected chi connectivity index (χ4v) is 2.45. The zero-order valence-corrected chi connectivity index (χ0v) is 13.2. The Bertz CT molecular complexity index is 602. The van der Waals surface area contributed by atoms with Crippen LogP contribution in [0, 0.1) is 5.92 Å². The molecule has 21 heavy (non-hydrogen) atoms. The van der Waals surface area contributed by atoms with E-state index < -0.39 is 0 Å². The predicted octanol–water partition coefficient (Wildman–Crippen LogP) is 2.84. The van der Waals surface area contributed by atoms with E-state index in [1.165, 1.54) is 5.56 Å². The second kappa shape index (κ2) is 6.57. The van der Waals surface area contributed by atoms with Crippen molar-refractivity contribution in [1.82, 2.24) is 14.7 Å². The van der Waals surface area contributed by atoms with Gasteiger partial charge < -0.3 is 4.90 Å². The lowest BCUT2D eigenvalue weighted by Gasteiger charge is -2.16. The van der Waals surface area contributed by atoms with Crippen molar-refractivity contribution in [3.05, 3.63) is 42.1 Å². The van der Waals surface area contributed by atoms with Crippen molar-refractivity contribution >= 4 is 5.91 Å². The van der Waals surface area contributed by atoms with Crippen molar-refractivity contribution in [2.45, 2.75) is 26.8 Å². The molecular formula is C17H23N3O. The van der Waals surface area contributed by atoms with E-state index in [4.69, 9.17) is 0 Å². The highest BCUT2D eigenvalue weighted by atomic mass is 16.2. The quantitative estimate of drug-likeness (QED) is 0.847. The fourth-order valence-electron chi connectivity index (χ4n) is 2.45. The Morgan fingerprint density at radius 1 is 1.29 bits per heavy atom. The summed E-state index contributed by atoms with van der Waals surface area (Å²) in [6.07, 6.45) is 2.99. The largest absolute Gasteiger partial charge is 0.349 e. The number of carbonyl (C=O) groups excluding carboxylic acids is 1. The number of amides is 1. The minimum atomic E-state index is -0.0757. The van der Waals surface area contributed by atoms with Crippen molar-refractivity contribution in [2.24, 2.45) is 5.92 Å². The molecule has 0 bridgehead atoms. The van der Waals surface area contributed by atoms with Gasteiger partial charge in [-0.1, -0.05) is 44.2 Å². The highest BCUT2D eigenvalue weighted by molar-refractivity contribution is 5.77. The van der Waals surface area contributed by atoms with Crippen LogP contribution in [0.25, 0.3) is 11.3 Å². The molecule has 112 valence electrons. The van der Waals surface area contributed by atoms with Crippen molar-refractivity contribution in [3.8, 4) is 11.3 Å². The molecule has 0 saturated heterocycles. The molecule has 0 spiro atoms. The van der Waals surface area contributed by atoms with E-state index in [1.54, 1.807) is 19.0 Å². The van der Waals surface area contributed by atoms with E-state index in [1.807, 2.05) is 29.8 Å². The molecule has 0 aliphatic carbocycles. The van der Waals surface area contributed by atoms with Gasteiger partial charge in [0.2, 0.25) is 5.91 Å². The summed E-state index contributed by atoms with van der Waals surface area (Å²) in [6, 6.07) is 10.2. The van der Waals surface area contributed by atoms with E-state index in [0.717, 1.165) is 17.7 Å². The van der Waals surface area contributed by atoms with Crippen LogP contribution in [0.4, 0.5) is 0 Å². The molecule has 0 aliphatic heterocycles. The first-order valence-corrected chi connectivity index (χ1v) is 7.35. The van der Waals surface area contributed by atoms with Crippen molar-refractivity contribution in [1.29, 1.82) is 0 Å². The van der Waals surface area contributed by atoms with Gasteiger partial charge in [-0.05, 0) is 12.0 Å². The molecule has 0 saturated carbocycles. The molecule has 2 aromatic rings. The van der Waals surface area contributed by atoms with Gasteiger partial charge in [-0.3, -0.25) is 9.48 Å². The van der Waals surface area contributed by atoms with Crippen LogP contribution in [0.1, 0.15) is 19.4 Å². The van der Waals surface area contributed by atoms with Crippen LogP contribution in [0.2, 0.25) is 0 Å². The Balaban J connectivity index is 2.24. The molecule has 1 unspecified atom stereocenters. The van der Waals surface area contributed by atoms with Gasteiger partial charge in [-0.25, -0.2) is 0 Å². The zero-order valence-electron chi connectivity index (χ0n) is 13.2. The van der Waals surface area contributed by atoms with Gasteiger partial charge in [-0.15, -0.1) is 0 Å². The summed E-state index contributed by atoms with van der Waals surface area (Å²) in [5.41, 5.74) is 3.35. The molecule has 4 nitrogen and oxygen atoms in total. The maximum Gasteiger partial charge on any atom is 0.226 e. The molecule has 1 atom stereocenters. The maximum absolute atomic E-state index is 12.0. The van der Waals surface area contributed by atoms with Gasteiger partial charge in [0.25, 0.3) is 0 Å². The average Bonchev–Trinajstić information content (AvgIpc) is 2.90. The molecule has 1 aromatic heterocycles. The molecule has 0 fully saturated rings. The van der Waals surface area contributed by atoms with E-state index in [0.29, 0.717) is 6.54 Å². The molecule has 4 heteroatoms. The number of benzene rings is 1. The third kappa shape index (κ3) is 3.51. The summed E-state index contributed by atoms with van der Waals surface area (Å²) in [6.45, 7) is 4.68. The Morgan fingerprint density at radius 2 is 1.95 bits per heavy atom. The summed E-state index contributed by atoms with van der Waals surface area (Å²) in [5, 5.41) is 4.68. The maximum atomic E-state index is 12.0. The van der Waals surface area contributed by atoms with Crippen molar-refractivity contribution in [3.63, 3.8) is 0 Å². The summed E-state index contributed by atoms with van der Waals surface area (Å²) in [4.78, 5) is 13.6. The van der Waals surface area contributed by atoms with Crippen LogP contribution in [0.3, 0.4) is 0 Å². The first kappa shape index (κ1) is 15.3. The van der Waals surface area contributed by atoms with Crippen LogP contribution < -0.4 is 0 Å². The zero-order chi connectivity index (χ0) is 15.4. The van der Waals surface area contributed by atoms with E-state index in [-0.39, 0.29) is 11.8 Å². The average molecular weight is 285 g/mol. The van der Waals surface area contributed by atoms with Crippen LogP contribution in [0.5, 0.6) is 0 Å². The van der Waals surface area contributed by atoms with Crippen LogP contribution in [0.15, 0.2) is 36.5 Å². The Kier molecular flexibility index (Phi) is 4.78. The Hall–Kier alpha value is -2.10. The predicted molar refractivity (Wildman–Crippen MR) is 84.9 cm³/mol. The minimum absolute atomic E-state index is 0.0757.